The number of nitrogens with zero attached hydrogens (tertiary/aromatic N) is 2. The van der Waals surface area contributed by atoms with E-state index in [9.17, 15) is 0 Å². The first-order chi connectivity index (χ1) is 10.1. The van der Waals surface area contributed by atoms with Gasteiger partial charge in [0.15, 0.2) is 5.96 Å². The Labute approximate surface area is 149 Å². The third kappa shape index (κ3) is 3.74. The number of para-hydroxylation sites is 1. The molecule has 0 bridgehead atoms. The average molecular weight is 413 g/mol. The highest BCUT2D eigenvalue weighted by atomic mass is 127. The fraction of sp³-hybridized carbons (Fsp3) is 0.471. The summed E-state index contributed by atoms with van der Waals surface area (Å²) in [5, 5.41) is 4.55. The van der Waals surface area contributed by atoms with E-state index < -0.39 is 0 Å². The van der Waals surface area contributed by atoms with Crippen LogP contribution in [0.4, 0.5) is 0 Å². The summed E-state index contributed by atoms with van der Waals surface area (Å²) < 4.78 is 5.83. The molecule has 0 unspecified atom stereocenters. The van der Waals surface area contributed by atoms with Gasteiger partial charge in [0.25, 0.3) is 0 Å². The summed E-state index contributed by atoms with van der Waals surface area (Å²) in [4.78, 5) is 6.72. The Bertz CT molecular complexity index is 630. The average Bonchev–Trinajstić information content (AvgIpc) is 3.02. The predicted octanol–water partition coefficient (Wildman–Crippen LogP) is 3.86. The first-order valence-electron chi connectivity index (χ1n) is 7.50. The molecule has 0 atom stereocenters. The van der Waals surface area contributed by atoms with Crippen LogP contribution >= 0.6 is 24.0 Å². The van der Waals surface area contributed by atoms with Crippen molar-refractivity contribution in [2.75, 3.05) is 20.1 Å². The van der Waals surface area contributed by atoms with Crippen LogP contribution in [-0.4, -0.2) is 31.0 Å². The number of likely N-dealkylation sites (tertiary alicyclic amines) is 1. The van der Waals surface area contributed by atoms with E-state index in [4.69, 9.17) is 4.42 Å². The van der Waals surface area contributed by atoms with Crippen molar-refractivity contribution in [2.45, 2.75) is 26.8 Å². The molecule has 1 aliphatic rings. The van der Waals surface area contributed by atoms with Gasteiger partial charge in [0.05, 0.1) is 6.54 Å². The molecule has 5 heteroatoms. The summed E-state index contributed by atoms with van der Waals surface area (Å²) in [5.41, 5.74) is 1.31. The third-order valence-corrected chi connectivity index (χ3v) is 4.09. The highest BCUT2D eigenvalue weighted by Gasteiger charge is 2.30. The minimum Gasteiger partial charge on any atom is -0.459 e. The normalized spacial score (nSPS) is 17.6. The molecular formula is C17H24IN3O. The van der Waals surface area contributed by atoms with Crippen LogP contribution in [0.3, 0.4) is 0 Å². The maximum absolute atomic E-state index is 5.83. The van der Waals surface area contributed by atoms with Crippen LogP contribution in [0.2, 0.25) is 0 Å². The van der Waals surface area contributed by atoms with E-state index in [0.717, 1.165) is 35.8 Å². The summed E-state index contributed by atoms with van der Waals surface area (Å²) in [6.45, 7) is 7.39. The topological polar surface area (TPSA) is 40.8 Å². The molecule has 1 aliphatic heterocycles. The Kier molecular flexibility index (Phi) is 5.36. The summed E-state index contributed by atoms with van der Waals surface area (Å²) in [5.74, 6) is 1.90. The Morgan fingerprint density at radius 1 is 1.36 bits per heavy atom. The van der Waals surface area contributed by atoms with Crippen molar-refractivity contribution in [1.29, 1.82) is 0 Å². The zero-order chi connectivity index (χ0) is 14.9. The molecule has 1 N–H and O–H groups in total. The van der Waals surface area contributed by atoms with Gasteiger partial charge in [-0.2, -0.15) is 0 Å². The van der Waals surface area contributed by atoms with Crippen molar-refractivity contribution in [1.82, 2.24) is 10.2 Å². The van der Waals surface area contributed by atoms with Crippen LogP contribution in [0.1, 0.15) is 26.0 Å². The second-order valence-electron chi connectivity index (χ2n) is 6.49. The molecule has 1 fully saturated rings. The minimum absolute atomic E-state index is 0. The summed E-state index contributed by atoms with van der Waals surface area (Å²) in [7, 11) is 1.84. The van der Waals surface area contributed by atoms with Gasteiger partial charge in [-0.05, 0) is 24.0 Å². The van der Waals surface area contributed by atoms with Gasteiger partial charge in [-0.3, -0.25) is 4.99 Å². The van der Waals surface area contributed by atoms with E-state index >= 15 is 0 Å². The molecule has 0 saturated carbocycles. The van der Waals surface area contributed by atoms with E-state index in [-0.39, 0.29) is 24.0 Å². The lowest BCUT2D eigenvalue weighted by atomic mass is 9.93. The Balaban J connectivity index is 0.00000176. The van der Waals surface area contributed by atoms with Gasteiger partial charge in [-0.15, -0.1) is 24.0 Å². The first-order valence-corrected chi connectivity index (χ1v) is 7.50. The second kappa shape index (κ2) is 6.89. The number of halogens is 1. The maximum Gasteiger partial charge on any atom is 0.194 e. The number of fused-ring (bicyclic) bond motifs is 1. The predicted molar refractivity (Wildman–Crippen MR) is 102 cm³/mol. The van der Waals surface area contributed by atoms with Crippen LogP contribution in [0.5, 0.6) is 0 Å². The van der Waals surface area contributed by atoms with Crippen molar-refractivity contribution < 1.29 is 4.42 Å². The van der Waals surface area contributed by atoms with Gasteiger partial charge in [0.2, 0.25) is 0 Å². The standard InChI is InChI=1S/C17H23N3O.HI/c1-17(2)8-9-20(12-17)16(18-3)19-11-14-10-13-6-4-5-7-15(13)21-14;/h4-7,10H,8-9,11-12H2,1-3H3,(H,18,19);1H. The lowest BCUT2D eigenvalue weighted by Gasteiger charge is -2.23. The Morgan fingerprint density at radius 3 is 2.77 bits per heavy atom. The molecule has 1 saturated heterocycles. The molecule has 0 aliphatic carbocycles. The quantitative estimate of drug-likeness (QED) is 0.462. The zero-order valence-electron chi connectivity index (χ0n) is 13.4. The molecule has 0 spiro atoms. The lowest BCUT2D eigenvalue weighted by Crippen LogP contribution is -2.40. The van der Waals surface area contributed by atoms with E-state index in [1.165, 1.54) is 6.42 Å². The number of guanidine groups is 1. The van der Waals surface area contributed by atoms with E-state index in [1.54, 1.807) is 0 Å². The highest BCUT2D eigenvalue weighted by molar-refractivity contribution is 14.0. The zero-order valence-corrected chi connectivity index (χ0v) is 15.8. The molecule has 3 rings (SSSR count). The smallest absolute Gasteiger partial charge is 0.194 e. The van der Waals surface area contributed by atoms with Gasteiger partial charge in [0.1, 0.15) is 11.3 Å². The van der Waals surface area contributed by atoms with Crippen molar-refractivity contribution >= 4 is 40.9 Å². The highest BCUT2D eigenvalue weighted by Crippen LogP contribution is 2.28. The summed E-state index contributed by atoms with van der Waals surface area (Å²) >= 11 is 0. The summed E-state index contributed by atoms with van der Waals surface area (Å²) in [6, 6.07) is 10.2. The molecule has 0 radical (unpaired) electrons. The molecule has 1 aromatic carbocycles. The van der Waals surface area contributed by atoms with Crippen molar-refractivity contribution in [3.8, 4) is 0 Å². The lowest BCUT2D eigenvalue weighted by molar-refractivity contribution is 0.369. The molecule has 4 nitrogen and oxygen atoms in total. The monoisotopic (exact) mass is 413 g/mol. The van der Waals surface area contributed by atoms with Gasteiger partial charge < -0.3 is 14.6 Å². The Morgan fingerprint density at radius 2 is 2.14 bits per heavy atom. The fourth-order valence-corrected chi connectivity index (χ4v) is 2.92. The maximum atomic E-state index is 5.83. The molecule has 0 amide bonds. The molecular weight excluding hydrogens is 389 g/mol. The van der Waals surface area contributed by atoms with Gasteiger partial charge in [-0.1, -0.05) is 32.0 Å². The molecule has 2 aromatic rings. The number of hydrogen-bond acceptors (Lipinski definition) is 2. The summed E-state index contributed by atoms with van der Waals surface area (Å²) in [6.07, 6.45) is 1.21. The molecule has 22 heavy (non-hydrogen) atoms. The van der Waals surface area contributed by atoms with Crippen molar-refractivity contribution in [3.05, 3.63) is 36.1 Å². The number of aliphatic imine (C=N–C) groups is 1. The number of hydrogen-bond donors (Lipinski definition) is 1. The van der Waals surface area contributed by atoms with Crippen LogP contribution in [0, 0.1) is 5.41 Å². The Hall–Kier alpha value is -1.24. The van der Waals surface area contributed by atoms with Crippen LogP contribution in [0.15, 0.2) is 39.7 Å². The number of furan rings is 1. The molecule has 120 valence electrons. The minimum atomic E-state index is 0. The van der Waals surface area contributed by atoms with Crippen LogP contribution in [0.25, 0.3) is 11.0 Å². The third-order valence-electron chi connectivity index (χ3n) is 4.09. The van der Waals surface area contributed by atoms with E-state index in [1.807, 2.05) is 25.2 Å². The van der Waals surface area contributed by atoms with Gasteiger partial charge >= 0.3 is 0 Å². The van der Waals surface area contributed by atoms with E-state index in [2.05, 4.69) is 41.2 Å². The van der Waals surface area contributed by atoms with E-state index in [0.29, 0.717) is 12.0 Å². The SMILES string of the molecule is CN=C(NCc1cc2ccccc2o1)N1CCC(C)(C)C1.I. The second-order valence-corrected chi connectivity index (χ2v) is 6.49. The van der Waals surface area contributed by atoms with Gasteiger partial charge in [0, 0.05) is 25.5 Å². The largest absolute Gasteiger partial charge is 0.459 e. The molecule has 2 heterocycles. The van der Waals surface area contributed by atoms with Crippen LogP contribution in [-0.2, 0) is 6.54 Å². The number of benzene rings is 1. The molecule has 1 aromatic heterocycles. The van der Waals surface area contributed by atoms with Crippen molar-refractivity contribution in [2.24, 2.45) is 10.4 Å². The fourth-order valence-electron chi connectivity index (χ4n) is 2.92. The number of rotatable bonds is 2. The number of nitrogens with one attached hydrogen (secondary N) is 1. The van der Waals surface area contributed by atoms with Crippen LogP contribution < -0.4 is 5.32 Å². The first kappa shape index (κ1) is 17.1. The van der Waals surface area contributed by atoms with Gasteiger partial charge in [-0.25, -0.2) is 0 Å². The van der Waals surface area contributed by atoms with Crippen molar-refractivity contribution in [3.63, 3.8) is 0 Å².